The number of anilines is 1. The highest BCUT2D eigenvalue weighted by Crippen LogP contribution is 2.22. The molecule has 4 nitrogen and oxygen atoms in total. The quantitative estimate of drug-likeness (QED) is 0.920. The summed E-state index contributed by atoms with van der Waals surface area (Å²) in [6.45, 7) is 0.323. The first kappa shape index (κ1) is 12.2. The largest absolute Gasteiger partial charge is 0.471 e. The number of nitrogen functional groups attached to an aromatic ring is 1. The number of nitrogens with zero attached hydrogens (tertiary/aromatic N) is 2. The molecule has 1 aromatic heterocycles. The molecule has 0 fully saturated rings. The molecule has 0 spiro atoms. The first-order valence-corrected chi connectivity index (χ1v) is 5.60. The second-order valence-corrected chi connectivity index (χ2v) is 4.04. The molecule has 90 valence electrons. The predicted molar refractivity (Wildman–Crippen MR) is 69.1 cm³/mol. The van der Waals surface area contributed by atoms with Crippen LogP contribution in [0.1, 0.15) is 11.1 Å². The number of halogens is 1. The van der Waals surface area contributed by atoms with Gasteiger partial charge in [-0.15, -0.1) is 0 Å². The van der Waals surface area contributed by atoms with Crippen LogP contribution in [0.4, 0.5) is 5.69 Å². The zero-order valence-electron chi connectivity index (χ0n) is 9.43. The molecule has 2 rings (SSSR count). The van der Waals surface area contributed by atoms with Crippen molar-refractivity contribution in [1.82, 2.24) is 4.98 Å². The van der Waals surface area contributed by atoms with Gasteiger partial charge in [0.1, 0.15) is 18.4 Å². The van der Waals surface area contributed by atoms with Crippen LogP contribution in [-0.4, -0.2) is 4.98 Å². The number of nitriles is 1. The zero-order chi connectivity index (χ0) is 13.0. The molecule has 0 amide bonds. The molecule has 2 N–H and O–H groups in total. The van der Waals surface area contributed by atoms with Crippen molar-refractivity contribution < 1.29 is 4.74 Å². The molecular weight excluding hydrogens is 250 g/mol. The van der Waals surface area contributed by atoms with Gasteiger partial charge in [0.05, 0.1) is 5.56 Å². The van der Waals surface area contributed by atoms with Crippen LogP contribution in [0.3, 0.4) is 0 Å². The lowest BCUT2D eigenvalue weighted by atomic mass is 10.2. The van der Waals surface area contributed by atoms with Crippen LogP contribution in [0.15, 0.2) is 36.5 Å². The third-order valence-corrected chi connectivity index (χ3v) is 2.61. The van der Waals surface area contributed by atoms with Gasteiger partial charge in [0.25, 0.3) is 0 Å². The first-order chi connectivity index (χ1) is 8.70. The van der Waals surface area contributed by atoms with E-state index in [1.807, 2.05) is 18.2 Å². The summed E-state index contributed by atoms with van der Waals surface area (Å²) in [6, 6.07) is 10.8. The third-order valence-electron chi connectivity index (χ3n) is 2.36. The molecular formula is C13H10ClN3O. The molecule has 0 aliphatic carbocycles. The average molecular weight is 260 g/mol. The van der Waals surface area contributed by atoms with Crippen molar-refractivity contribution in [3.05, 3.63) is 52.7 Å². The van der Waals surface area contributed by atoms with Crippen LogP contribution in [-0.2, 0) is 6.61 Å². The van der Waals surface area contributed by atoms with Crippen LogP contribution < -0.4 is 10.5 Å². The standard InChI is InChI=1S/C13H10ClN3O/c14-11-3-1-9(2-4-11)8-18-13-12(16)10(7-15)5-6-17-13/h1-6H,8,16H2. The van der Waals surface area contributed by atoms with Crippen molar-refractivity contribution in [2.24, 2.45) is 0 Å². The highest BCUT2D eigenvalue weighted by Gasteiger charge is 2.07. The molecule has 0 radical (unpaired) electrons. The first-order valence-electron chi connectivity index (χ1n) is 5.22. The van der Waals surface area contributed by atoms with Crippen molar-refractivity contribution in [3.8, 4) is 11.9 Å². The van der Waals surface area contributed by atoms with E-state index in [0.717, 1.165) is 5.56 Å². The third kappa shape index (κ3) is 2.70. The van der Waals surface area contributed by atoms with E-state index in [4.69, 9.17) is 27.3 Å². The average Bonchev–Trinajstić information content (AvgIpc) is 2.39. The molecule has 1 aromatic carbocycles. The number of benzene rings is 1. The predicted octanol–water partition coefficient (Wildman–Crippen LogP) is 2.77. The van der Waals surface area contributed by atoms with Gasteiger partial charge in [-0.1, -0.05) is 23.7 Å². The summed E-state index contributed by atoms with van der Waals surface area (Å²) in [5.74, 6) is 0.268. The van der Waals surface area contributed by atoms with E-state index < -0.39 is 0 Å². The molecule has 0 aliphatic rings. The Labute approximate surface area is 110 Å². The van der Waals surface area contributed by atoms with Gasteiger partial charge >= 0.3 is 0 Å². The van der Waals surface area contributed by atoms with Gasteiger partial charge in [0, 0.05) is 11.2 Å². The zero-order valence-corrected chi connectivity index (χ0v) is 10.2. The Morgan fingerprint density at radius 3 is 2.67 bits per heavy atom. The number of hydrogen-bond donors (Lipinski definition) is 1. The smallest absolute Gasteiger partial charge is 0.238 e. The van der Waals surface area contributed by atoms with E-state index in [1.54, 1.807) is 18.2 Å². The second kappa shape index (κ2) is 5.39. The van der Waals surface area contributed by atoms with Gasteiger partial charge in [-0.3, -0.25) is 0 Å². The van der Waals surface area contributed by atoms with Crippen molar-refractivity contribution in [2.45, 2.75) is 6.61 Å². The van der Waals surface area contributed by atoms with Crippen LogP contribution in [0.25, 0.3) is 0 Å². The maximum absolute atomic E-state index is 8.83. The van der Waals surface area contributed by atoms with Crippen LogP contribution in [0, 0.1) is 11.3 Å². The topological polar surface area (TPSA) is 71.9 Å². The van der Waals surface area contributed by atoms with Crippen molar-refractivity contribution in [2.75, 3.05) is 5.73 Å². The fourth-order valence-electron chi connectivity index (χ4n) is 1.40. The van der Waals surface area contributed by atoms with Crippen molar-refractivity contribution in [1.29, 1.82) is 5.26 Å². The molecule has 0 aliphatic heterocycles. The Morgan fingerprint density at radius 2 is 2.00 bits per heavy atom. The molecule has 0 saturated heterocycles. The van der Waals surface area contributed by atoms with Crippen LogP contribution in [0.2, 0.25) is 5.02 Å². The lowest BCUT2D eigenvalue weighted by Crippen LogP contribution is -2.02. The highest BCUT2D eigenvalue weighted by molar-refractivity contribution is 6.30. The van der Waals surface area contributed by atoms with Gasteiger partial charge in [0.15, 0.2) is 0 Å². The number of ether oxygens (including phenoxy) is 1. The molecule has 0 atom stereocenters. The van der Waals surface area contributed by atoms with Gasteiger partial charge < -0.3 is 10.5 Å². The van der Waals surface area contributed by atoms with E-state index in [1.165, 1.54) is 6.20 Å². The number of nitrogens with two attached hydrogens (primary N) is 1. The summed E-state index contributed by atoms with van der Waals surface area (Å²) in [6.07, 6.45) is 1.49. The van der Waals surface area contributed by atoms with E-state index in [2.05, 4.69) is 4.98 Å². The van der Waals surface area contributed by atoms with Gasteiger partial charge in [-0.05, 0) is 23.8 Å². The van der Waals surface area contributed by atoms with Gasteiger partial charge in [0.2, 0.25) is 5.88 Å². The fraction of sp³-hybridized carbons (Fsp3) is 0.0769. The van der Waals surface area contributed by atoms with Gasteiger partial charge in [-0.2, -0.15) is 5.26 Å². The summed E-state index contributed by atoms with van der Waals surface area (Å²) < 4.78 is 5.47. The summed E-state index contributed by atoms with van der Waals surface area (Å²) >= 11 is 5.78. The Morgan fingerprint density at radius 1 is 1.28 bits per heavy atom. The number of aromatic nitrogens is 1. The van der Waals surface area contributed by atoms with E-state index in [9.17, 15) is 0 Å². The summed E-state index contributed by atoms with van der Waals surface area (Å²) in [5, 5.41) is 9.50. The molecule has 0 bridgehead atoms. The van der Waals surface area contributed by atoms with Crippen LogP contribution in [0.5, 0.6) is 5.88 Å². The highest BCUT2D eigenvalue weighted by atomic mass is 35.5. The Kier molecular flexibility index (Phi) is 3.66. The summed E-state index contributed by atoms with van der Waals surface area (Å²) in [7, 11) is 0. The van der Waals surface area contributed by atoms with E-state index in [0.29, 0.717) is 17.2 Å². The Balaban J connectivity index is 2.11. The molecule has 1 heterocycles. The lowest BCUT2D eigenvalue weighted by molar-refractivity contribution is 0.296. The molecule has 18 heavy (non-hydrogen) atoms. The Hall–Kier alpha value is -2.25. The molecule has 5 heteroatoms. The van der Waals surface area contributed by atoms with E-state index in [-0.39, 0.29) is 11.6 Å². The van der Waals surface area contributed by atoms with E-state index >= 15 is 0 Å². The molecule has 0 unspecified atom stereocenters. The lowest BCUT2D eigenvalue weighted by Gasteiger charge is -2.08. The molecule has 0 saturated carbocycles. The van der Waals surface area contributed by atoms with Crippen molar-refractivity contribution in [3.63, 3.8) is 0 Å². The monoisotopic (exact) mass is 259 g/mol. The normalized spacial score (nSPS) is 9.78. The summed E-state index contributed by atoms with van der Waals surface area (Å²) in [5.41, 5.74) is 7.31. The van der Waals surface area contributed by atoms with Gasteiger partial charge in [-0.25, -0.2) is 4.98 Å². The molecule has 2 aromatic rings. The Bertz CT molecular complexity index is 590. The number of hydrogen-bond acceptors (Lipinski definition) is 4. The second-order valence-electron chi connectivity index (χ2n) is 3.60. The fourth-order valence-corrected chi connectivity index (χ4v) is 1.52. The SMILES string of the molecule is N#Cc1ccnc(OCc2ccc(Cl)cc2)c1N. The minimum absolute atomic E-state index is 0.258. The van der Waals surface area contributed by atoms with Crippen LogP contribution >= 0.6 is 11.6 Å². The maximum Gasteiger partial charge on any atom is 0.238 e. The number of pyridine rings is 1. The maximum atomic E-state index is 8.83. The minimum atomic E-state index is 0.258. The summed E-state index contributed by atoms with van der Waals surface area (Å²) in [4.78, 5) is 4.00. The van der Waals surface area contributed by atoms with Crippen molar-refractivity contribution >= 4 is 17.3 Å². The minimum Gasteiger partial charge on any atom is -0.471 e. The number of rotatable bonds is 3.